The minimum Gasteiger partial charge on any atom is -0.237 e. The number of aryl methyl sites for hydroxylation is 1. The van der Waals surface area contributed by atoms with Gasteiger partial charge in [-0.25, -0.2) is 4.98 Å². The van der Waals surface area contributed by atoms with Crippen LogP contribution in [0.25, 0.3) is 10.9 Å². The van der Waals surface area contributed by atoms with Gasteiger partial charge in [-0.3, -0.25) is 0 Å². The number of nitriles is 1. The lowest BCUT2D eigenvalue weighted by Crippen LogP contribution is -1.86. The van der Waals surface area contributed by atoms with Gasteiger partial charge in [0.1, 0.15) is 11.8 Å². The maximum Gasteiger partial charge on any atom is 0.141 e. The first kappa shape index (κ1) is 8.71. The lowest BCUT2D eigenvalue weighted by molar-refractivity contribution is 1.14. The minimum atomic E-state index is 0.474. The summed E-state index contributed by atoms with van der Waals surface area (Å²) in [7, 11) is 0. The molecule has 2 rings (SSSR count). The summed E-state index contributed by atoms with van der Waals surface area (Å²) >= 11 is 0. The highest BCUT2D eigenvalue weighted by Gasteiger charge is 1.97. The maximum atomic E-state index is 8.69. The molecular formula is C12H10N2. The lowest BCUT2D eigenvalue weighted by atomic mass is 10.1. The summed E-state index contributed by atoms with van der Waals surface area (Å²) in [6.45, 7) is 2.12. The summed E-state index contributed by atoms with van der Waals surface area (Å²) in [5.74, 6) is 0. The number of hydrogen-bond donors (Lipinski definition) is 0. The van der Waals surface area contributed by atoms with Crippen LogP contribution in [0.15, 0.2) is 30.3 Å². The van der Waals surface area contributed by atoms with Crippen LogP contribution in [0.2, 0.25) is 0 Å². The zero-order valence-electron chi connectivity index (χ0n) is 7.99. The van der Waals surface area contributed by atoms with Crippen LogP contribution in [-0.4, -0.2) is 4.98 Å². The Morgan fingerprint density at radius 3 is 2.86 bits per heavy atom. The van der Waals surface area contributed by atoms with E-state index in [1.54, 1.807) is 6.07 Å². The molecule has 68 valence electrons. The van der Waals surface area contributed by atoms with Crippen LogP contribution in [0.1, 0.15) is 18.2 Å². The first-order valence-electron chi connectivity index (χ1n) is 4.63. The zero-order chi connectivity index (χ0) is 9.97. The second kappa shape index (κ2) is 3.47. The Balaban J connectivity index is 2.64. The highest BCUT2D eigenvalue weighted by atomic mass is 14.7. The molecule has 0 saturated heterocycles. The quantitative estimate of drug-likeness (QED) is 0.679. The average molecular weight is 182 g/mol. The number of rotatable bonds is 1. The van der Waals surface area contributed by atoms with Crippen molar-refractivity contribution in [1.29, 1.82) is 5.26 Å². The molecule has 0 atom stereocenters. The normalized spacial score (nSPS) is 10.0. The molecule has 0 amide bonds. The number of benzene rings is 1. The monoisotopic (exact) mass is 182 g/mol. The molecule has 0 unspecified atom stereocenters. The van der Waals surface area contributed by atoms with Gasteiger partial charge in [-0.15, -0.1) is 0 Å². The molecular weight excluding hydrogens is 172 g/mol. The van der Waals surface area contributed by atoms with E-state index in [-0.39, 0.29) is 0 Å². The summed E-state index contributed by atoms with van der Waals surface area (Å²) in [6, 6.07) is 11.9. The summed E-state index contributed by atoms with van der Waals surface area (Å²) in [5, 5.41) is 9.79. The van der Waals surface area contributed by atoms with Crippen LogP contribution in [0.5, 0.6) is 0 Å². The standard InChI is InChI=1S/C12H10N2/c1-2-9-3-6-12-10(7-9)4-5-11(8-13)14-12/h3-7H,2H2,1H3. The summed E-state index contributed by atoms with van der Waals surface area (Å²) in [6.07, 6.45) is 1.02. The van der Waals surface area contributed by atoms with Gasteiger partial charge in [0.15, 0.2) is 0 Å². The Kier molecular flexibility index (Phi) is 2.16. The number of aromatic nitrogens is 1. The SMILES string of the molecule is CCc1ccc2nc(C#N)ccc2c1. The van der Waals surface area contributed by atoms with Crippen molar-refractivity contribution in [3.05, 3.63) is 41.6 Å². The Bertz CT molecular complexity index is 509. The highest BCUT2D eigenvalue weighted by molar-refractivity contribution is 5.79. The highest BCUT2D eigenvalue weighted by Crippen LogP contribution is 2.14. The van der Waals surface area contributed by atoms with Crippen molar-refractivity contribution in [2.24, 2.45) is 0 Å². The second-order valence-corrected chi connectivity index (χ2v) is 3.19. The molecule has 2 aromatic rings. The van der Waals surface area contributed by atoms with Crippen LogP contribution in [0.4, 0.5) is 0 Å². The van der Waals surface area contributed by atoms with Crippen molar-refractivity contribution in [3.8, 4) is 6.07 Å². The van der Waals surface area contributed by atoms with Crippen molar-refractivity contribution in [2.45, 2.75) is 13.3 Å². The molecule has 2 nitrogen and oxygen atoms in total. The van der Waals surface area contributed by atoms with Gasteiger partial charge >= 0.3 is 0 Å². The molecule has 2 heteroatoms. The molecule has 0 bridgehead atoms. The van der Waals surface area contributed by atoms with Crippen LogP contribution in [0.3, 0.4) is 0 Å². The molecule has 1 heterocycles. The molecule has 14 heavy (non-hydrogen) atoms. The van der Waals surface area contributed by atoms with Gasteiger partial charge in [0.2, 0.25) is 0 Å². The Hall–Kier alpha value is -1.88. The maximum absolute atomic E-state index is 8.69. The molecule has 1 aromatic carbocycles. The first-order valence-corrected chi connectivity index (χ1v) is 4.63. The largest absolute Gasteiger partial charge is 0.237 e. The van der Waals surface area contributed by atoms with E-state index in [1.807, 2.05) is 18.2 Å². The molecule has 1 aromatic heterocycles. The molecule has 0 N–H and O–H groups in total. The van der Waals surface area contributed by atoms with E-state index in [0.29, 0.717) is 5.69 Å². The van der Waals surface area contributed by atoms with Crippen molar-refractivity contribution in [1.82, 2.24) is 4.98 Å². The third-order valence-electron chi connectivity index (χ3n) is 2.28. The van der Waals surface area contributed by atoms with Gasteiger partial charge in [0.05, 0.1) is 5.52 Å². The summed E-state index contributed by atoms with van der Waals surface area (Å²) in [4.78, 5) is 4.21. The Labute approximate surface area is 82.8 Å². The van der Waals surface area contributed by atoms with E-state index in [9.17, 15) is 0 Å². The number of fused-ring (bicyclic) bond motifs is 1. The number of hydrogen-bond acceptors (Lipinski definition) is 2. The Morgan fingerprint density at radius 2 is 2.14 bits per heavy atom. The van der Waals surface area contributed by atoms with E-state index in [1.165, 1.54) is 5.56 Å². The summed E-state index contributed by atoms with van der Waals surface area (Å²) < 4.78 is 0. The predicted octanol–water partition coefficient (Wildman–Crippen LogP) is 2.67. The van der Waals surface area contributed by atoms with Crippen LogP contribution >= 0.6 is 0 Å². The number of pyridine rings is 1. The van der Waals surface area contributed by atoms with Crippen LogP contribution in [0, 0.1) is 11.3 Å². The van der Waals surface area contributed by atoms with E-state index in [2.05, 4.69) is 24.0 Å². The molecule has 0 aliphatic rings. The van der Waals surface area contributed by atoms with Crippen molar-refractivity contribution < 1.29 is 0 Å². The molecule has 0 aliphatic carbocycles. The average Bonchev–Trinajstić information content (AvgIpc) is 2.27. The molecule has 0 radical (unpaired) electrons. The smallest absolute Gasteiger partial charge is 0.141 e. The molecule has 0 aliphatic heterocycles. The molecule has 0 fully saturated rings. The third-order valence-corrected chi connectivity index (χ3v) is 2.28. The van der Waals surface area contributed by atoms with Crippen molar-refractivity contribution in [2.75, 3.05) is 0 Å². The lowest BCUT2D eigenvalue weighted by Gasteiger charge is -2.00. The van der Waals surface area contributed by atoms with Gasteiger partial charge < -0.3 is 0 Å². The molecule has 0 spiro atoms. The second-order valence-electron chi connectivity index (χ2n) is 3.19. The Morgan fingerprint density at radius 1 is 1.29 bits per heavy atom. The minimum absolute atomic E-state index is 0.474. The number of nitrogens with zero attached hydrogens (tertiary/aromatic N) is 2. The van der Waals surface area contributed by atoms with E-state index in [0.717, 1.165) is 17.3 Å². The van der Waals surface area contributed by atoms with Gasteiger partial charge in [-0.2, -0.15) is 5.26 Å². The van der Waals surface area contributed by atoms with Gasteiger partial charge in [0, 0.05) is 5.39 Å². The van der Waals surface area contributed by atoms with E-state index in [4.69, 9.17) is 5.26 Å². The predicted molar refractivity (Wildman–Crippen MR) is 55.8 cm³/mol. The van der Waals surface area contributed by atoms with Gasteiger partial charge in [-0.05, 0) is 36.2 Å². The van der Waals surface area contributed by atoms with Crippen molar-refractivity contribution >= 4 is 10.9 Å². The fourth-order valence-electron chi connectivity index (χ4n) is 1.46. The van der Waals surface area contributed by atoms with Crippen LogP contribution in [-0.2, 0) is 6.42 Å². The van der Waals surface area contributed by atoms with Gasteiger partial charge in [0.25, 0.3) is 0 Å². The van der Waals surface area contributed by atoms with Crippen LogP contribution < -0.4 is 0 Å². The van der Waals surface area contributed by atoms with Gasteiger partial charge in [-0.1, -0.05) is 13.0 Å². The summed E-state index contributed by atoms with van der Waals surface area (Å²) in [5.41, 5.74) is 2.66. The third kappa shape index (κ3) is 1.45. The topological polar surface area (TPSA) is 36.7 Å². The molecule has 0 saturated carbocycles. The van der Waals surface area contributed by atoms with E-state index < -0.39 is 0 Å². The fourth-order valence-corrected chi connectivity index (χ4v) is 1.46. The fraction of sp³-hybridized carbons (Fsp3) is 0.167. The van der Waals surface area contributed by atoms with E-state index >= 15 is 0 Å². The zero-order valence-corrected chi connectivity index (χ0v) is 7.99. The first-order chi connectivity index (χ1) is 6.83. The van der Waals surface area contributed by atoms with Crippen molar-refractivity contribution in [3.63, 3.8) is 0 Å².